The number of nitrogens with one attached hydrogen (secondary N) is 1. The lowest BCUT2D eigenvalue weighted by atomic mass is 9.97. The van der Waals surface area contributed by atoms with Gasteiger partial charge in [-0.05, 0) is 69.6 Å². The van der Waals surface area contributed by atoms with Crippen LogP contribution in [0.4, 0.5) is 0 Å². The Morgan fingerprint density at radius 2 is 2.08 bits per heavy atom. The quantitative estimate of drug-likeness (QED) is 0.719. The molecule has 0 atom stereocenters. The summed E-state index contributed by atoms with van der Waals surface area (Å²) in [6.07, 6.45) is 10.6. The molecule has 4 heteroatoms. The Morgan fingerprint density at radius 3 is 2.92 bits per heavy atom. The highest BCUT2D eigenvalue weighted by Gasteiger charge is 2.23. The number of carbonyl (C=O) groups is 1. The standard InChI is InChI=1S/C20H23NOS2/c1-13-11-16-17(23-13)8-7-15-12-18(24-19(15)16)20(22)21-10-9-14-5-3-2-4-6-14/h5,11-12H,2-4,6-10H2,1H3,(H,21,22). The predicted octanol–water partition coefficient (Wildman–Crippen LogP) is 5.50. The molecular formula is C20H23NOS2. The van der Waals surface area contributed by atoms with E-state index in [2.05, 4.69) is 30.4 Å². The molecule has 0 bridgehead atoms. The molecule has 0 radical (unpaired) electrons. The van der Waals surface area contributed by atoms with Crippen LogP contribution in [-0.4, -0.2) is 12.5 Å². The summed E-state index contributed by atoms with van der Waals surface area (Å²) in [5.41, 5.74) is 4.24. The zero-order valence-electron chi connectivity index (χ0n) is 14.1. The fourth-order valence-corrected chi connectivity index (χ4v) is 5.97. The number of amides is 1. The van der Waals surface area contributed by atoms with E-state index >= 15 is 0 Å². The molecule has 24 heavy (non-hydrogen) atoms. The summed E-state index contributed by atoms with van der Waals surface area (Å²) in [6, 6.07) is 4.40. The van der Waals surface area contributed by atoms with Gasteiger partial charge in [0.15, 0.2) is 0 Å². The summed E-state index contributed by atoms with van der Waals surface area (Å²) < 4.78 is 0. The van der Waals surface area contributed by atoms with E-state index in [-0.39, 0.29) is 5.91 Å². The fraction of sp³-hybridized carbons (Fsp3) is 0.450. The third-order valence-corrected chi connectivity index (χ3v) is 7.27. The number of thiophene rings is 2. The largest absolute Gasteiger partial charge is 0.351 e. The van der Waals surface area contributed by atoms with Gasteiger partial charge in [-0.2, -0.15) is 0 Å². The maximum absolute atomic E-state index is 12.5. The van der Waals surface area contributed by atoms with Crippen molar-refractivity contribution in [3.63, 3.8) is 0 Å². The first-order valence-electron chi connectivity index (χ1n) is 8.89. The van der Waals surface area contributed by atoms with Crippen LogP contribution in [0, 0.1) is 6.92 Å². The summed E-state index contributed by atoms with van der Waals surface area (Å²) in [4.78, 5) is 17.5. The van der Waals surface area contributed by atoms with Crippen molar-refractivity contribution in [3.05, 3.63) is 44.0 Å². The van der Waals surface area contributed by atoms with Gasteiger partial charge in [0.2, 0.25) is 0 Å². The van der Waals surface area contributed by atoms with Crippen LogP contribution < -0.4 is 5.32 Å². The molecule has 0 aromatic carbocycles. The van der Waals surface area contributed by atoms with Crippen molar-refractivity contribution in [1.29, 1.82) is 0 Å². The Labute approximate surface area is 151 Å². The molecule has 1 amide bonds. The minimum atomic E-state index is 0.0966. The minimum absolute atomic E-state index is 0.0966. The second kappa shape index (κ2) is 6.85. The molecule has 0 saturated heterocycles. The molecule has 2 nitrogen and oxygen atoms in total. The predicted molar refractivity (Wildman–Crippen MR) is 103 cm³/mol. The maximum atomic E-state index is 12.5. The average Bonchev–Trinajstić information content (AvgIpc) is 3.18. The third kappa shape index (κ3) is 3.22. The molecule has 0 aliphatic heterocycles. The van der Waals surface area contributed by atoms with Crippen LogP contribution in [0.25, 0.3) is 10.4 Å². The van der Waals surface area contributed by atoms with Crippen LogP contribution in [0.15, 0.2) is 23.8 Å². The van der Waals surface area contributed by atoms with Gasteiger partial charge in [0, 0.05) is 26.7 Å². The molecule has 2 aromatic rings. The van der Waals surface area contributed by atoms with Crippen molar-refractivity contribution in [2.75, 3.05) is 6.54 Å². The van der Waals surface area contributed by atoms with Crippen LogP contribution in [0.1, 0.15) is 57.1 Å². The first kappa shape index (κ1) is 16.1. The Morgan fingerprint density at radius 1 is 1.17 bits per heavy atom. The maximum Gasteiger partial charge on any atom is 0.261 e. The van der Waals surface area contributed by atoms with Gasteiger partial charge in [-0.25, -0.2) is 0 Å². The van der Waals surface area contributed by atoms with Crippen LogP contribution in [0.3, 0.4) is 0 Å². The van der Waals surface area contributed by atoms with E-state index in [1.807, 2.05) is 11.3 Å². The summed E-state index contributed by atoms with van der Waals surface area (Å²) in [7, 11) is 0. The van der Waals surface area contributed by atoms with Crippen LogP contribution >= 0.6 is 22.7 Å². The summed E-state index contributed by atoms with van der Waals surface area (Å²) in [5, 5.41) is 3.12. The molecule has 2 aromatic heterocycles. The molecule has 0 spiro atoms. The second-order valence-corrected chi connectivity index (χ2v) is 9.17. The van der Waals surface area contributed by atoms with Crippen LogP contribution in [0.2, 0.25) is 0 Å². The Kier molecular flexibility index (Phi) is 4.59. The van der Waals surface area contributed by atoms with Crippen molar-refractivity contribution in [2.24, 2.45) is 0 Å². The lowest BCUT2D eigenvalue weighted by Crippen LogP contribution is -2.24. The first-order chi connectivity index (χ1) is 11.7. The van der Waals surface area contributed by atoms with E-state index in [1.165, 1.54) is 57.0 Å². The monoisotopic (exact) mass is 357 g/mol. The molecule has 2 aliphatic rings. The highest BCUT2D eigenvalue weighted by atomic mass is 32.1. The fourth-order valence-electron chi connectivity index (χ4n) is 3.70. The Bertz CT molecular complexity index is 797. The third-order valence-electron chi connectivity index (χ3n) is 4.95. The Balaban J connectivity index is 1.43. The molecule has 126 valence electrons. The summed E-state index contributed by atoms with van der Waals surface area (Å²) in [5.74, 6) is 0.0966. The normalized spacial score (nSPS) is 16.3. The number of carbonyl (C=O) groups excluding carboxylic acids is 1. The van der Waals surface area contributed by atoms with E-state index < -0.39 is 0 Å². The highest BCUT2D eigenvalue weighted by Crippen LogP contribution is 2.43. The van der Waals surface area contributed by atoms with Crippen molar-refractivity contribution in [3.8, 4) is 10.4 Å². The number of allylic oxidation sites excluding steroid dienone is 1. The van der Waals surface area contributed by atoms with Gasteiger partial charge >= 0.3 is 0 Å². The zero-order valence-corrected chi connectivity index (χ0v) is 15.7. The van der Waals surface area contributed by atoms with Gasteiger partial charge in [0.1, 0.15) is 0 Å². The van der Waals surface area contributed by atoms with Crippen molar-refractivity contribution >= 4 is 28.6 Å². The summed E-state index contributed by atoms with van der Waals surface area (Å²) >= 11 is 3.57. The zero-order chi connectivity index (χ0) is 16.5. The molecule has 0 saturated carbocycles. The van der Waals surface area contributed by atoms with Crippen LogP contribution in [0.5, 0.6) is 0 Å². The van der Waals surface area contributed by atoms with Gasteiger partial charge < -0.3 is 5.32 Å². The number of aryl methyl sites for hydroxylation is 3. The van der Waals surface area contributed by atoms with E-state index in [4.69, 9.17) is 0 Å². The number of hydrogen-bond acceptors (Lipinski definition) is 3. The van der Waals surface area contributed by atoms with Crippen molar-refractivity contribution < 1.29 is 4.79 Å². The lowest BCUT2D eigenvalue weighted by molar-refractivity contribution is 0.0958. The average molecular weight is 358 g/mol. The van der Waals surface area contributed by atoms with E-state index in [9.17, 15) is 4.79 Å². The van der Waals surface area contributed by atoms with E-state index in [0.717, 1.165) is 30.7 Å². The first-order valence-corrected chi connectivity index (χ1v) is 10.5. The number of rotatable bonds is 4. The highest BCUT2D eigenvalue weighted by molar-refractivity contribution is 7.18. The number of fused-ring (bicyclic) bond motifs is 3. The number of hydrogen-bond donors (Lipinski definition) is 1. The molecular weight excluding hydrogens is 334 g/mol. The van der Waals surface area contributed by atoms with Crippen LogP contribution in [-0.2, 0) is 12.8 Å². The molecule has 2 aliphatic carbocycles. The topological polar surface area (TPSA) is 29.1 Å². The van der Waals surface area contributed by atoms with Gasteiger partial charge in [-0.3, -0.25) is 4.79 Å². The van der Waals surface area contributed by atoms with Crippen molar-refractivity contribution in [1.82, 2.24) is 5.32 Å². The van der Waals surface area contributed by atoms with Gasteiger partial charge in [0.05, 0.1) is 4.88 Å². The molecule has 0 fully saturated rings. The molecule has 4 rings (SSSR count). The molecule has 1 N–H and O–H groups in total. The van der Waals surface area contributed by atoms with Gasteiger partial charge in [0.25, 0.3) is 5.91 Å². The minimum Gasteiger partial charge on any atom is -0.351 e. The second-order valence-electron chi connectivity index (χ2n) is 6.77. The smallest absolute Gasteiger partial charge is 0.261 e. The van der Waals surface area contributed by atoms with E-state index in [0.29, 0.717) is 0 Å². The molecule has 0 unspecified atom stereocenters. The van der Waals surface area contributed by atoms with Gasteiger partial charge in [-0.1, -0.05) is 11.6 Å². The SMILES string of the molecule is Cc1cc2c(s1)CCc1cc(C(=O)NCCC3=CCCCC3)sc1-2. The van der Waals surface area contributed by atoms with Gasteiger partial charge in [-0.15, -0.1) is 22.7 Å². The van der Waals surface area contributed by atoms with Crippen molar-refractivity contribution in [2.45, 2.75) is 51.9 Å². The molecule has 2 heterocycles. The summed E-state index contributed by atoms with van der Waals surface area (Å²) in [6.45, 7) is 2.93. The lowest BCUT2D eigenvalue weighted by Gasteiger charge is -2.12. The Hall–Kier alpha value is -1.39. The van der Waals surface area contributed by atoms with E-state index in [1.54, 1.807) is 11.3 Å².